The van der Waals surface area contributed by atoms with Crippen LogP contribution in [0.5, 0.6) is 0 Å². The van der Waals surface area contributed by atoms with Crippen LogP contribution in [-0.4, -0.2) is 40.1 Å². The highest BCUT2D eigenvalue weighted by molar-refractivity contribution is 7.16. The first-order valence-electron chi connectivity index (χ1n) is 6.61. The number of nitrogens with zero attached hydrogens (tertiary/aromatic N) is 4. The molecule has 0 aliphatic carbocycles. The Hall–Kier alpha value is -1.05. The fourth-order valence-electron chi connectivity index (χ4n) is 2.20. The largest absolute Gasteiger partial charge is 0.381 e. The third-order valence-electron chi connectivity index (χ3n) is 3.76. The summed E-state index contributed by atoms with van der Waals surface area (Å²) in [7, 11) is 1.95. The topological polar surface area (TPSA) is 64.3 Å². The maximum atomic E-state index is 5.40. The van der Waals surface area contributed by atoms with E-state index >= 15 is 0 Å². The molecule has 0 atom stereocenters. The average Bonchev–Trinajstić information content (AvgIpc) is 2.99. The minimum atomic E-state index is -0.141. The molecule has 3 heterocycles. The number of hydrogen-bond acceptors (Lipinski definition) is 6. The van der Waals surface area contributed by atoms with Crippen molar-refractivity contribution < 1.29 is 4.74 Å². The first-order valence-corrected chi connectivity index (χ1v) is 7.43. The Balaban J connectivity index is 1.98. The standard InChI is InChI=1S/C12H19N5OS/c1-12(2,13-3)10-16-17-9(14-15-11(17)19-10)8-4-6-18-7-5-8/h8,13H,4-7H2,1-3H3. The van der Waals surface area contributed by atoms with Gasteiger partial charge in [-0.1, -0.05) is 11.3 Å². The molecule has 3 rings (SSSR count). The van der Waals surface area contributed by atoms with Gasteiger partial charge in [-0.2, -0.15) is 9.61 Å². The number of hydrogen-bond donors (Lipinski definition) is 1. The molecule has 0 amide bonds. The van der Waals surface area contributed by atoms with Gasteiger partial charge in [0.15, 0.2) is 5.82 Å². The summed E-state index contributed by atoms with van der Waals surface area (Å²) in [6, 6.07) is 0. The van der Waals surface area contributed by atoms with Crippen LogP contribution in [0.2, 0.25) is 0 Å². The van der Waals surface area contributed by atoms with Crippen molar-refractivity contribution in [3.05, 3.63) is 10.8 Å². The van der Waals surface area contributed by atoms with Crippen molar-refractivity contribution in [2.24, 2.45) is 0 Å². The van der Waals surface area contributed by atoms with E-state index in [1.807, 2.05) is 11.6 Å². The van der Waals surface area contributed by atoms with Crippen LogP contribution in [0, 0.1) is 0 Å². The van der Waals surface area contributed by atoms with Gasteiger partial charge in [0, 0.05) is 19.1 Å². The SMILES string of the molecule is CNC(C)(C)c1nn2c(C3CCOCC3)nnc2s1. The van der Waals surface area contributed by atoms with E-state index in [2.05, 4.69) is 29.4 Å². The highest BCUT2D eigenvalue weighted by Gasteiger charge is 2.27. The molecule has 0 aromatic carbocycles. The fourth-order valence-corrected chi connectivity index (χ4v) is 3.16. The maximum absolute atomic E-state index is 5.40. The zero-order valence-electron chi connectivity index (χ0n) is 11.5. The second kappa shape index (κ2) is 4.81. The average molecular weight is 281 g/mol. The van der Waals surface area contributed by atoms with Crippen LogP contribution < -0.4 is 5.32 Å². The lowest BCUT2D eigenvalue weighted by atomic mass is 10.00. The van der Waals surface area contributed by atoms with Crippen LogP contribution in [0.25, 0.3) is 4.96 Å². The lowest BCUT2D eigenvalue weighted by Gasteiger charge is -2.21. The molecule has 1 saturated heterocycles. The highest BCUT2D eigenvalue weighted by atomic mass is 32.1. The van der Waals surface area contributed by atoms with Gasteiger partial charge in [-0.3, -0.25) is 0 Å². The van der Waals surface area contributed by atoms with Gasteiger partial charge in [0.2, 0.25) is 4.96 Å². The van der Waals surface area contributed by atoms with E-state index in [-0.39, 0.29) is 5.54 Å². The third-order valence-corrected chi connectivity index (χ3v) is 4.98. The molecule has 7 heteroatoms. The molecule has 2 aromatic heterocycles. The summed E-state index contributed by atoms with van der Waals surface area (Å²) in [4.78, 5) is 0.875. The van der Waals surface area contributed by atoms with Crippen molar-refractivity contribution in [1.82, 2.24) is 25.1 Å². The second-order valence-electron chi connectivity index (χ2n) is 5.42. The van der Waals surface area contributed by atoms with E-state index < -0.39 is 0 Å². The highest BCUT2D eigenvalue weighted by Crippen LogP contribution is 2.29. The van der Waals surface area contributed by atoms with E-state index in [4.69, 9.17) is 9.84 Å². The van der Waals surface area contributed by atoms with Gasteiger partial charge < -0.3 is 10.1 Å². The Morgan fingerprint density at radius 3 is 2.74 bits per heavy atom. The van der Waals surface area contributed by atoms with E-state index in [1.54, 1.807) is 11.3 Å². The molecule has 0 spiro atoms. The molecule has 19 heavy (non-hydrogen) atoms. The van der Waals surface area contributed by atoms with E-state index in [0.29, 0.717) is 5.92 Å². The zero-order valence-corrected chi connectivity index (χ0v) is 12.3. The van der Waals surface area contributed by atoms with Crippen molar-refractivity contribution in [2.45, 2.75) is 38.1 Å². The van der Waals surface area contributed by atoms with Gasteiger partial charge in [-0.25, -0.2) is 0 Å². The van der Waals surface area contributed by atoms with Crippen molar-refractivity contribution in [1.29, 1.82) is 0 Å². The van der Waals surface area contributed by atoms with Crippen molar-refractivity contribution in [3.8, 4) is 0 Å². The first kappa shape index (κ1) is 13.0. The molecule has 1 aliphatic rings. The van der Waals surface area contributed by atoms with E-state index in [9.17, 15) is 0 Å². The number of nitrogens with one attached hydrogen (secondary N) is 1. The van der Waals surface area contributed by atoms with Crippen molar-refractivity contribution >= 4 is 16.3 Å². The maximum Gasteiger partial charge on any atom is 0.234 e. The van der Waals surface area contributed by atoms with Crippen molar-refractivity contribution in [2.75, 3.05) is 20.3 Å². The minimum Gasteiger partial charge on any atom is -0.381 e. The van der Waals surface area contributed by atoms with Crippen LogP contribution in [0.3, 0.4) is 0 Å². The summed E-state index contributed by atoms with van der Waals surface area (Å²) >= 11 is 1.60. The molecule has 6 nitrogen and oxygen atoms in total. The van der Waals surface area contributed by atoms with Crippen LogP contribution >= 0.6 is 11.3 Å². The van der Waals surface area contributed by atoms with Crippen LogP contribution in [0.15, 0.2) is 0 Å². The Morgan fingerprint density at radius 1 is 1.32 bits per heavy atom. The molecule has 2 aromatic rings. The lowest BCUT2D eigenvalue weighted by molar-refractivity contribution is 0.0831. The Bertz CT molecular complexity index is 570. The summed E-state index contributed by atoms with van der Waals surface area (Å²) < 4.78 is 7.31. The Labute approximate surface area is 116 Å². The Kier molecular flexibility index (Phi) is 3.28. The molecule has 0 saturated carbocycles. The molecule has 1 fully saturated rings. The second-order valence-corrected chi connectivity index (χ2v) is 6.38. The molecular formula is C12H19N5OS. The van der Waals surface area contributed by atoms with Gasteiger partial charge in [0.1, 0.15) is 5.01 Å². The normalized spacial score (nSPS) is 18.3. The predicted molar refractivity (Wildman–Crippen MR) is 73.5 cm³/mol. The summed E-state index contributed by atoms with van der Waals surface area (Å²) in [6.45, 7) is 5.84. The van der Waals surface area contributed by atoms with Crippen molar-refractivity contribution in [3.63, 3.8) is 0 Å². The summed E-state index contributed by atoms with van der Waals surface area (Å²) in [5.41, 5.74) is -0.141. The van der Waals surface area contributed by atoms with Gasteiger partial charge in [0.05, 0.1) is 5.54 Å². The molecule has 0 unspecified atom stereocenters. The number of rotatable bonds is 3. The lowest BCUT2D eigenvalue weighted by Crippen LogP contribution is -2.33. The summed E-state index contributed by atoms with van der Waals surface area (Å²) in [5.74, 6) is 1.39. The monoisotopic (exact) mass is 281 g/mol. The molecule has 1 aliphatic heterocycles. The predicted octanol–water partition coefficient (Wildman–Crippen LogP) is 1.53. The van der Waals surface area contributed by atoms with E-state index in [1.165, 1.54) is 0 Å². The number of aromatic nitrogens is 4. The van der Waals surface area contributed by atoms with Gasteiger partial charge >= 0.3 is 0 Å². The third kappa shape index (κ3) is 2.26. The zero-order chi connectivity index (χ0) is 13.5. The molecule has 0 bridgehead atoms. The Morgan fingerprint density at radius 2 is 2.05 bits per heavy atom. The van der Waals surface area contributed by atoms with Crippen LogP contribution in [0.1, 0.15) is 43.4 Å². The molecule has 1 N–H and O–H groups in total. The summed E-state index contributed by atoms with van der Waals surface area (Å²) in [5, 5.41) is 17.6. The fraction of sp³-hybridized carbons (Fsp3) is 0.750. The molecular weight excluding hydrogens is 262 g/mol. The summed E-state index contributed by atoms with van der Waals surface area (Å²) in [6.07, 6.45) is 2.01. The number of ether oxygens (including phenoxy) is 1. The van der Waals surface area contributed by atoms with Gasteiger partial charge in [0.25, 0.3) is 0 Å². The van der Waals surface area contributed by atoms with Gasteiger partial charge in [-0.15, -0.1) is 10.2 Å². The molecule has 0 radical (unpaired) electrons. The minimum absolute atomic E-state index is 0.141. The first-order chi connectivity index (χ1) is 9.12. The quantitative estimate of drug-likeness (QED) is 0.924. The number of fused-ring (bicyclic) bond motifs is 1. The van der Waals surface area contributed by atoms with Crippen LogP contribution in [0.4, 0.5) is 0 Å². The van der Waals surface area contributed by atoms with Gasteiger partial charge in [-0.05, 0) is 33.7 Å². The smallest absolute Gasteiger partial charge is 0.234 e. The van der Waals surface area contributed by atoms with E-state index in [0.717, 1.165) is 41.8 Å². The van der Waals surface area contributed by atoms with Crippen LogP contribution in [-0.2, 0) is 10.3 Å². The molecule has 104 valence electrons.